The number of methoxy groups -OCH3 is 1. The van der Waals surface area contributed by atoms with E-state index in [1.807, 2.05) is 72.8 Å². The first-order valence-electron chi connectivity index (χ1n) is 12.3. The van der Waals surface area contributed by atoms with Crippen LogP contribution in [0.2, 0.25) is 5.02 Å². The van der Waals surface area contributed by atoms with Gasteiger partial charge in [-0.15, -0.1) is 0 Å². The molecule has 0 aliphatic rings. The van der Waals surface area contributed by atoms with Crippen LogP contribution in [0.25, 0.3) is 0 Å². The number of nitrogens with one attached hydrogen (secondary N) is 2. The Morgan fingerprint density at radius 2 is 1.46 bits per heavy atom. The van der Waals surface area contributed by atoms with E-state index in [0.29, 0.717) is 34.3 Å². The molecule has 8 heteroatoms. The highest BCUT2D eigenvalue weighted by Gasteiger charge is 2.08. The highest BCUT2D eigenvalue weighted by Crippen LogP contribution is 2.19. The molecule has 39 heavy (non-hydrogen) atoms. The Morgan fingerprint density at radius 3 is 2.13 bits per heavy atom. The Hall–Kier alpha value is -4.62. The van der Waals surface area contributed by atoms with Gasteiger partial charge >= 0.3 is 0 Å². The van der Waals surface area contributed by atoms with Crippen molar-refractivity contribution in [2.75, 3.05) is 12.4 Å². The van der Waals surface area contributed by atoms with Crippen molar-refractivity contribution in [3.63, 3.8) is 0 Å². The van der Waals surface area contributed by atoms with Gasteiger partial charge in [0.1, 0.15) is 18.1 Å². The Morgan fingerprint density at radius 1 is 0.821 bits per heavy atom. The Bertz CT molecular complexity index is 1450. The molecule has 0 fully saturated rings. The fourth-order valence-electron chi connectivity index (χ4n) is 3.67. The molecule has 2 N–H and O–H groups in total. The van der Waals surface area contributed by atoms with Crippen molar-refractivity contribution in [1.29, 1.82) is 0 Å². The molecule has 0 radical (unpaired) electrons. The molecule has 0 aliphatic heterocycles. The molecule has 4 aromatic rings. The van der Waals surface area contributed by atoms with Gasteiger partial charge in [-0.25, -0.2) is 5.43 Å². The van der Waals surface area contributed by atoms with Gasteiger partial charge in [0.25, 0.3) is 5.91 Å². The van der Waals surface area contributed by atoms with Crippen LogP contribution in [0, 0.1) is 0 Å². The molecule has 0 unspecified atom stereocenters. The average Bonchev–Trinajstić information content (AvgIpc) is 2.96. The second kappa shape index (κ2) is 13.3. The van der Waals surface area contributed by atoms with Crippen molar-refractivity contribution in [2.45, 2.75) is 20.0 Å². The van der Waals surface area contributed by atoms with E-state index < -0.39 is 0 Å². The quantitative estimate of drug-likeness (QED) is 0.183. The van der Waals surface area contributed by atoms with E-state index in [4.69, 9.17) is 21.1 Å². The normalized spacial score (nSPS) is 11.0. The molecule has 0 atom stereocenters. The van der Waals surface area contributed by atoms with Gasteiger partial charge in [0, 0.05) is 21.8 Å². The van der Waals surface area contributed by atoms with Crippen LogP contribution >= 0.6 is 11.6 Å². The zero-order valence-electron chi connectivity index (χ0n) is 21.6. The second-order valence-corrected chi connectivity index (χ2v) is 9.10. The van der Waals surface area contributed by atoms with Crippen LogP contribution in [0.4, 0.5) is 5.69 Å². The lowest BCUT2D eigenvalue weighted by molar-refractivity contribution is -0.115. The first kappa shape index (κ1) is 27.4. The molecule has 0 aromatic heterocycles. The molecule has 0 saturated heterocycles. The van der Waals surface area contributed by atoms with Crippen LogP contribution < -0.4 is 20.2 Å². The average molecular weight is 542 g/mol. The first-order chi connectivity index (χ1) is 18.9. The summed E-state index contributed by atoms with van der Waals surface area (Å²) in [5, 5.41) is 7.72. The van der Waals surface area contributed by atoms with Gasteiger partial charge in [0.15, 0.2) is 0 Å². The predicted molar refractivity (Wildman–Crippen MR) is 154 cm³/mol. The minimum absolute atomic E-state index is 0.155. The molecule has 0 saturated carbocycles. The Balaban J connectivity index is 1.27. The van der Waals surface area contributed by atoms with Gasteiger partial charge in [0.05, 0.1) is 19.2 Å². The summed E-state index contributed by atoms with van der Waals surface area (Å²) in [5.41, 5.74) is 6.86. The van der Waals surface area contributed by atoms with Gasteiger partial charge in [0.2, 0.25) is 5.91 Å². The molecule has 0 bridgehead atoms. The molecule has 0 spiro atoms. The van der Waals surface area contributed by atoms with E-state index in [0.717, 1.165) is 22.4 Å². The third-order valence-electron chi connectivity index (χ3n) is 5.90. The van der Waals surface area contributed by atoms with E-state index in [-0.39, 0.29) is 18.2 Å². The Kier molecular flexibility index (Phi) is 9.32. The summed E-state index contributed by atoms with van der Waals surface area (Å²) < 4.78 is 10.9. The SMILES string of the molecule is COc1ccc(CC(=O)Nc2ccc(C(=O)N/N=C(\C)c3ccc(OCc4ccccc4Cl)cc3)cc2)cc1. The summed E-state index contributed by atoms with van der Waals surface area (Å²) in [6, 6.07) is 28.9. The van der Waals surface area contributed by atoms with Crippen molar-refractivity contribution in [2.24, 2.45) is 5.10 Å². The number of carbonyl (C=O) groups is 2. The van der Waals surface area contributed by atoms with Crippen LogP contribution in [0.15, 0.2) is 102 Å². The van der Waals surface area contributed by atoms with Crippen LogP contribution in [-0.2, 0) is 17.8 Å². The van der Waals surface area contributed by atoms with E-state index >= 15 is 0 Å². The van der Waals surface area contributed by atoms with Crippen LogP contribution in [-0.4, -0.2) is 24.6 Å². The lowest BCUT2D eigenvalue weighted by Crippen LogP contribution is -2.19. The third-order valence-corrected chi connectivity index (χ3v) is 6.27. The maximum atomic E-state index is 12.6. The minimum atomic E-state index is -0.356. The number of amides is 2. The second-order valence-electron chi connectivity index (χ2n) is 8.69. The number of hydrogen-bond acceptors (Lipinski definition) is 5. The smallest absolute Gasteiger partial charge is 0.271 e. The van der Waals surface area contributed by atoms with Gasteiger partial charge in [-0.05, 0) is 84.8 Å². The summed E-state index contributed by atoms with van der Waals surface area (Å²) in [5.74, 6) is 0.926. The minimum Gasteiger partial charge on any atom is -0.497 e. The fraction of sp³-hybridized carbons (Fsp3) is 0.129. The van der Waals surface area contributed by atoms with Crippen molar-refractivity contribution in [3.05, 3.63) is 124 Å². The van der Waals surface area contributed by atoms with Crippen molar-refractivity contribution >= 4 is 34.8 Å². The molecule has 198 valence electrons. The molecular weight excluding hydrogens is 514 g/mol. The van der Waals surface area contributed by atoms with Crippen molar-refractivity contribution < 1.29 is 19.1 Å². The number of nitrogens with zero attached hydrogens (tertiary/aromatic N) is 1. The number of hydrazone groups is 1. The predicted octanol–water partition coefficient (Wildman–Crippen LogP) is 6.26. The summed E-state index contributed by atoms with van der Waals surface area (Å²) in [4.78, 5) is 24.9. The van der Waals surface area contributed by atoms with Gasteiger partial charge < -0.3 is 14.8 Å². The zero-order chi connectivity index (χ0) is 27.6. The topological polar surface area (TPSA) is 89.0 Å². The number of carbonyl (C=O) groups excluding carboxylic acids is 2. The molecular formula is C31H28ClN3O4. The summed E-state index contributed by atoms with van der Waals surface area (Å²) in [6.45, 7) is 2.18. The lowest BCUT2D eigenvalue weighted by atomic mass is 10.1. The molecule has 4 aromatic carbocycles. The standard InChI is InChI=1S/C31H28ClN3O4/c1-21(23-11-17-28(18-12-23)39-20-25-5-3-4-6-29(25)32)34-35-31(37)24-9-13-26(14-10-24)33-30(36)19-22-7-15-27(38-2)16-8-22/h3-18H,19-20H2,1-2H3,(H,33,36)(H,35,37)/b34-21+. The van der Waals surface area contributed by atoms with Gasteiger partial charge in [-0.1, -0.05) is 41.9 Å². The highest BCUT2D eigenvalue weighted by atomic mass is 35.5. The number of ether oxygens (including phenoxy) is 2. The monoisotopic (exact) mass is 541 g/mol. The molecule has 0 aliphatic carbocycles. The van der Waals surface area contributed by atoms with Gasteiger partial charge in [-0.3, -0.25) is 9.59 Å². The number of halogens is 1. The highest BCUT2D eigenvalue weighted by molar-refractivity contribution is 6.31. The number of hydrogen-bond donors (Lipinski definition) is 2. The number of anilines is 1. The van der Waals surface area contributed by atoms with Crippen molar-refractivity contribution in [3.8, 4) is 11.5 Å². The van der Waals surface area contributed by atoms with E-state index in [2.05, 4.69) is 15.8 Å². The fourth-order valence-corrected chi connectivity index (χ4v) is 3.86. The van der Waals surface area contributed by atoms with Crippen LogP contribution in [0.1, 0.15) is 34.0 Å². The molecule has 2 amide bonds. The van der Waals surface area contributed by atoms with Crippen molar-refractivity contribution in [1.82, 2.24) is 5.43 Å². The maximum absolute atomic E-state index is 12.6. The molecule has 7 nitrogen and oxygen atoms in total. The third kappa shape index (κ3) is 7.93. The summed E-state index contributed by atoms with van der Waals surface area (Å²) in [7, 11) is 1.60. The Labute approximate surface area is 232 Å². The summed E-state index contributed by atoms with van der Waals surface area (Å²) in [6.07, 6.45) is 0.231. The lowest BCUT2D eigenvalue weighted by Gasteiger charge is -2.09. The van der Waals surface area contributed by atoms with Gasteiger partial charge in [-0.2, -0.15) is 5.10 Å². The largest absolute Gasteiger partial charge is 0.497 e. The number of rotatable bonds is 10. The molecule has 0 heterocycles. The zero-order valence-corrected chi connectivity index (χ0v) is 22.4. The summed E-state index contributed by atoms with van der Waals surface area (Å²) >= 11 is 6.17. The van der Waals surface area contributed by atoms with Crippen LogP contribution in [0.3, 0.4) is 0 Å². The van der Waals surface area contributed by atoms with E-state index in [1.165, 1.54) is 0 Å². The first-order valence-corrected chi connectivity index (χ1v) is 12.6. The molecule has 4 rings (SSSR count). The van der Waals surface area contributed by atoms with E-state index in [1.54, 1.807) is 38.3 Å². The van der Waals surface area contributed by atoms with Crippen LogP contribution in [0.5, 0.6) is 11.5 Å². The number of benzene rings is 4. The van der Waals surface area contributed by atoms with E-state index in [9.17, 15) is 9.59 Å². The maximum Gasteiger partial charge on any atom is 0.271 e.